The Morgan fingerprint density at radius 3 is 2.41 bits per heavy atom. The molecule has 106 valence electrons. The van der Waals surface area contributed by atoms with Gasteiger partial charge in [0.2, 0.25) is 0 Å². The largest absolute Gasteiger partial charge is 0.293 e. The van der Waals surface area contributed by atoms with Crippen LogP contribution in [-0.4, -0.2) is 16.3 Å². The van der Waals surface area contributed by atoms with Crippen LogP contribution in [-0.2, 0) is 0 Å². The molecule has 1 aromatic heterocycles. The molecule has 3 aromatic rings. The van der Waals surface area contributed by atoms with Crippen molar-refractivity contribution < 1.29 is 9.59 Å². The van der Waals surface area contributed by atoms with Crippen LogP contribution in [0.15, 0.2) is 60.8 Å². The van der Waals surface area contributed by atoms with Gasteiger partial charge in [-0.15, -0.1) is 0 Å². The van der Waals surface area contributed by atoms with Crippen molar-refractivity contribution in [3.63, 3.8) is 0 Å². The summed E-state index contributed by atoms with van der Waals surface area (Å²) in [6, 6.07) is 17.9. The number of aromatic nitrogens is 1. The lowest BCUT2D eigenvalue weighted by Crippen LogP contribution is -2.10. The van der Waals surface area contributed by atoms with Crippen molar-refractivity contribution in [3.8, 4) is 6.07 Å². The summed E-state index contributed by atoms with van der Waals surface area (Å²) in [4.78, 5) is 24.7. The number of hydrogen-bond donors (Lipinski definition) is 0. The van der Waals surface area contributed by atoms with Crippen molar-refractivity contribution in [2.24, 2.45) is 0 Å². The van der Waals surface area contributed by atoms with Gasteiger partial charge < -0.3 is 0 Å². The molecule has 4 nitrogen and oxygen atoms in total. The maximum absolute atomic E-state index is 12.6. The molecular formula is C18H12N2O2. The smallest absolute Gasteiger partial charge is 0.262 e. The Morgan fingerprint density at radius 1 is 1.00 bits per heavy atom. The van der Waals surface area contributed by atoms with E-state index in [1.807, 2.05) is 24.3 Å². The minimum atomic E-state index is -0.279. The van der Waals surface area contributed by atoms with Gasteiger partial charge in [0, 0.05) is 22.7 Å². The number of para-hydroxylation sites is 1. The zero-order valence-corrected chi connectivity index (χ0v) is 11.7. The minimum absolute atomic E-state index is 0.201. The summed E-state index contributed by atoms with van der Waals surface area (Å²) in [5, 5.41) is 9.41. The summed E-state index contributed by atoms with van der Waals surface area (Å²) in [5.74, 6) is -0.480. The molecule has 1 heterocycles. The van der Waals surface area contributed by atoms with Gasteiger partial charge in [-0.2, -0.15) is 5.26 Å². The molecule has 0 aliphatic rings. The zero-order chi connectivity index (χ0) is 15.5. The number of benzene rings is 2. The number of rotatable bonds is 3. The first-order chi connectivity index (χ1) is 10.7. The van der Waals surface area contributed by atoms with Gasteiger partial charge in [0.05, 0.1) is 18.0 Å². The maximum Gasteiger partial charge on any atom is 0.262 e. The summed E-state index contributed by atoms with van der Waals surface area (Å²) in [7, 11) is 0. The molecule has 3 rings (SSSR count). The summed E-state index contributed by atoms with van der Waals surface area (Å²) in [6.45, 7) is 0. The molecule has 0 saturated heterocycles. The van der Waals surface area contributed by atoms with Gasteiger partial charge >= 0.3 is 0 Å². The molecule has 0 radical (unpaired) electrons. The summed E-state index contributed by atoms with van der Waals surface area (Å²) in [5.41, 5.74) is 1.61. The van der Waals surface area contributed by atoms with E-state index in [-0.39, 0.29) is 18.1 Å². The second kappa shape index (κ2) is 5.66. The zero-order valence-electron chi connectivity index (χ0n) is 11.7. The third kappa shape index (κ3) is 2.29. The molecule has 0 atom stereocenters. The van der Waals surface area contributed by atoms with E-state index in [0.717, 1.165) is 0 Å². The summed E-state index contributed by atoms with van der Waals surface area (Å²) >= 11 is 0. The predicted octanol–water partition coefficient (Wildman–Crippen LogP) is 3.43. The maximum atomic E-state index is 12.6. The Kier molecular flexibility index (Phi) is 3.55. The Balaban J connectivity index is 2.17. The van der Waals surface area contributed by atoms with E-state index in [1.54, 1.807) is 36.4 Å². The normalized spacial score (nSPS) is 10.3. The van der Waals surface area contributed by atoms with Crippen molar-refractivity contribution in [2.45, 2.75) is 6.42 Å². The number of carbonyl (C=O) groups is 2. The fraction of sp³-hybridized carbons (Fsp3) is 0.0556. The van der Waals surface area contributed by atoms with Crippen LogP contribution in [0.3, 0.4) is 0 Å². The van der Waals surface area contributed by atoms with E-state index in [0.29, 0.717) is 22.0 Å². The van der Waals surface area contributed by atoms with Crippen molar-refractivity contribution in [3.05, 3.63) is 71.9 Å². The first-order valence-electron chi connectivity index (χ1n) is 6.82. The standard InChI is InChI=1S/C18H12N2O2/c19-11-10-17(21)15-12-20(16-9-5-4-8-14(15)16)18(22)13-6-2-1-3-7-13/h1-9,12H,10H2. The number of carbonyl (C=O) groups excluding carboxylic acids is 2. The Hall–Kier alpha value is -3.19. The first-order valence-corrected chi connectivity index (χ1v) is 6.82. The van der Waals surface area contributed by atoms with Crippen LogP contribution in [0.4, 0.5) is 0 Å². The second-order valence-electron chi connectivity index (χ2n) is 4.86. The average Bonchev–Trinajstić information content (AvgIpc) is 2.95. The number of Topliss-reactive ketones (excluding diaryl/α,β-unsaturated/α-hetero) is 1. The molecule has 0 N–H and O–H groups in total. The van der Waals surface area contributed by atoms with E-state index in [4.69, 9.17) is 5.26 Å². The molecule has 2 aromatic carbocycles. The van der Waals surface area contributed by atoms with Crippen LogP contribution in [0.5, 0.6) is 0 Å². The predicted molar refractivity (Wildman–Crippen MR) is 82.7 cm³/mol. The third-order valence-corrected chi connectivity index (χ3v) is 3.49. The molecule has 0 bridgehead atoms. The van der Waals surface area contributed by atoms with E-state index in [1.165, 1.54) is 10.8 Å². The molecule has 0 aliphatic carbocycles. The lowest BCUT2D eigenvalue weighted by Gasteiger charge is -2.03. The molecule has 0 spiro atoms. The quantitative estimate of drug-likeness (QED) is 0.694. The fourth-order valence-corrected chi connectivity index (χ4v) is 2.46. The highest BCUT2D eigenvalue weighted by molar-refractivity contribution is 6.12. The lowest BCUT2D eigenvalue weighted by molar-refractivity contribution is 0.0965. The molecule has 4 heteroatoms. The molecule has 0 unspecified atom stereocenters. The van der Waals surface area contributed by atoms with Crippen molar-refractivity contribution in [2.75, 3.05) is 0 Å². The van der Waals surface area contributed by atoms with Gasteiger partial charge in [0.1, 0.15) is 0 Å². The van der Waals surface area contributed by atoms with Crippen molar-refractivity contribution >= 4 is 22.6 Å². The number of nitriles is 1. The first kappa shape index (κ1) is 13.8. The average molecular weight is 288 g/mol. The van der Waals surface area contributed by atoms with Crippen molar-refractivity contribution in [1.82, 2.24) is 4.57 Å². The van der Waals surface area contributed by atoms with Crippen LogP contribution in [0.25, 0.3) is 10.9 Å². The van der Waals surface area contributed by atoms with Crippen LogP contribution >= 0.6 is 0 Å². The molecule has 0 aliphatic heterocycles. The van der Waals surface area contributed by atoms with Gasteiger partial charge in [0.15, 0.2) is 5.78 Å². The Morgan fingerprint density at radius 2 is 1.68 bits per heavy atom. The number of ketones is 1. The second-order valence-corrected chi connectivity index (χ2v) is 4.86. The highest BCUT2D eigenvalue weighted by Crippen LogP contribution is 2.23. The lowest BCUT2D eigenvalue weighted by atomic mass is 10.1. The van der Waals surface area contributed by atoms with Crippen LogP contribution < -0.4 is 0 Å². The molecule has 0 saturated carbocycles. The third-order valence-electron chi connectivity index (χ3n) is 3.49. The number of fused-ring (bicyclic) bond motifs is 1. The Labute approximate surface area is 127 Å². The molecular weight excluding hydrogens is 276 g/mol. The van der Waals surface area contributed by atoms with E-state index < -0.39 is 0 Å². The SMILES string of the molecule is N#CCC(=O)c1cn(C(=O)c2ccccc2)c2ccccc12. The van der Waals surface area contributed by atoms with Gasteiger partial charge in [-0.1, -0.05) is 36.4 Å². The van der Waals surface area contributed by atoms with Gasteiger partial charge in [-0.25, -0.2) is 0 Å². The van der Waals surface area contributed by atoms with Crippen LogP contribution in [0.2, 0.25) is 0 Å². The summed E-state index contributed by atoms with van der Waals surface area (Å²) in [6.07, 6.45) is 1.33. The number of hydrogen-bond acceptors (Lipinski definition) is 3. The van der Waals surface area contributed by atoms with Crippen molar-refractivity contribution in [1.29, 1.82) is 5.26 Å². The monoisotopic (exact) mass is 288 g/mol. The minimum Gasteiger partial charge on any atom is -0.293 e. The summed E-state index contributed by atoms with van der Waals surface area (Å²) < 4.78 is 1.47. The van der Waals surface area contributed by atoms with Gasteiger partial charge in [0.25, 0.3) is 5.91 Å². The van der Waals surface area contributed by atoms with Crippen LogP contribution in [0.1, 0.15) is 27.1 Å². The van der Waals surface area contributed by atoms with Gasteiger partial charge in [-0.3, -0.25) is 14.2 Å². The Bertz CT molecular complexity index is 902. The van der Waals surface area contributed by atoms with E-state index in [2.05, 4.69) is 0 Å². The van der Waals surface area contributed by atoms with E-state index >= 15 is 0 Å². The number of nitrogens with zero attached hydrogens (tertiary/aromatic N) is 2. The van der Waals surface area contributed by atoms with Crippen LogP contribution in [0, 0.1) is 11.3 Å². The fourth-order valence-electron chi connectivity index (χ4n) is 2.46. The highest BCUT2D eigenvalue weighted by atomic mass is 16.2. The van der Waals surface area contributed by atoms with Gasteiger partial charge in [-0.05, 0) is 18.2 Å². The molecule has 0 amide bonds. The molecule has 0 fully saturated rings. The molecule has 22 heavy (non-hydrogen) atoms. The highest BCUT2D eigenvalue weighted by Gasteiger charge is 2.18. The topological polar surface area (TPSA) is 62.9 Å². The van der Waals surface area contributed by atoms with E-state index in [9.17, 15) is 9.59 Å².